The summed E-state index contributed by atoms with van der Waals surface area (Å²) >= 11 is 0. The average Bonchev–Trinajstić information content (AvgIpc) is 2.74. The van der Waals surface area contributed by atoms with Crippen molar-refractivity contribution >= 4 is 21.8 Å². The fraction of sp³-hybridized carbons (Fsp3) is 0.263. The van der Waals surface area contributed by atoms with Gasteiger partial charge in [-0.25, -0.2) is 12.8 Å². The molecule has 0 spiro atoms. The Morgan fingerprint density at radius 1 is 1.03 bits per heavy atom. The lowest BCUT2D eigenvalue weighted by molar-refractivity contribution is -0.121. The van der Waals surface area contributed by atoms with E-state index in [1.165, 1.54) is 46.8 Å². The lowest BCUT2D eigenvalue weighted by Crippen LogP contribution is -2.42. The Morgan fingerprint density at radius 2 is 1.76 bits per heavy atom. The largest absolute Gasteiger partial charge is 0.379 e. The molecule has 0 atom stereocenters. The Labute approximate surface area is 167 Å². The summed E-state index contributed by atoms with van der Waals surface area (Å²) in [5.41, 5.74) is 4.66. The van der Waals surface area contributed by atoms with Gasteiger partial charge < -0.3 is 4.74 Å². The van der Waals surface area contributed by atoms with Crippen LogP contribution in [0, 0.1) is 5.82 Å². The lowest BCUT2D eigenvalue weighted by Gasteiger charge is -2.26. The second kappa shape index (κ2) is 9.12. The van der Waals surface area contributed by atoms with Crippen molar-refractivity contribution in [1.82, 2.24) is 15.2 Å². The van der Waals surface area contributed by atoms with Gasteiger partial charge in [0.1, 0.15) is 5.82 Å². The number of amides is 2. The molecule has 154 valence electrons. The van der Waals surface area contributed by atoms with E-state index in [1.54, 1.807) is 6.07 Å². The van der Waals surface area contributed by atoms with Crippen LogP contribution in [0.5, 0.6) is 0 Å². The van der Waals surface area contributed by atoms with E-state index >= 15 is 0 Å². The molecule has 1 aliphatic heterocycles. The van der Waals surface area contributed by atoms with Gasteiger partial charge in [0.05, 0.1) is 24.5 Å². The number of benzene rings is 2. The first-order valence-electron chi connectivity index (χ1n) is 8.88. The monoisotopic (exact) mass is 421 g/mol. The smallest absolute Gasteiger partial charge is 0.269 e. The zero-order valence-electron chi connectivity index (χ0n) is 15.4. The molecule has 1 aliphatic rings. The van der Waals surface area contributed by atoms with Crippen molar-refractivity contribution in [3.63, 3.8) is 0 Å². The van der Waals surface area contributed by atoms with Gasteiger partial charge in [-0.1, -0.05) is 24.3 Å². The van der Waals surface area contributed by atoms with Crippen molar-refractivity contribution in [1.29, 1.82) is 0 Å². The molecule has 8 nitrogen and oxygen atoms in total. The van der Waals surface area contributed by atoms with Gasteiger partial charge in [0, 0.05) is 18.7 Å². The van der Waals surface area contributed by atoms with Gasteiger partial charge in [-0.15, -0.1) is 0 Å². The van der Waals surface area contributed by atoms with Gasteiger partial charge in [-0.05, 0) is 29.8 Å². The number of carbonyl (C=O) groups excluding carboxylic acids is 2. The number of carbonyl (C=O) groups is 2. The quantitative estimate of drug-likeness (QED) is 0.697. The van der Waals surface area contributed by atoms with Crippen molar-refractivity contribution in [3.8, 4) is 0 Å². The van der Waals surface area contributed by atoms with Crippen LogP contribution in [0.15, 0.2) is 53.4 Å². The fourth-order valence-electron chi connectivity index (χ4n) is 2.79. The zero-order valence-corrected chi connectivity index (χ0v) is 16.2. The van der Waals surface area contributed by atoms with Crippen LogP contribution in [-0.4, -0.2) is 50.8 Å². The van der Waals surface area contributed by atoms with Crippen molar-refractivity contribution < 1.29 is 27.1 Å². The molecular formula is C19H20FN3O5S. The van der Waals surface area contributed by atoms with E-state index in [0.29, 0.717) is 13.2 Å². The molecule has 1 saturated heterocycles. The average molecular weight is 421 g/mol. The zero-order chi connectivity index (χ0) is 20.9. The summed E-state index contributed by atoms with van der Waals surface area (Å²) in [5, 5.41) is 0. The van der Waals surface area contributed by atoms with Crippen LogP contribution < -0.4 is 10.9 Å². The predicted octanol–water partition coefficient (Wildman–Crippen LogP) is 0.850. The molecule has 2 aromatic carbocycles. The number of nitrogens with one attached hydrogen (secondary N) is 2. The third kappa shape index (κ3) is 5.17. The van der Waals surface area contributed by atoms with Crippen molar-refractivity contribution in [2.24, 2.45) is 0 Å². The molecule has 0 unspecified atom stereocenters. The molecule has 1 heterocycles. The molecule has 0 radical (unpaired) electrons. The molecule has 2 N–H and O–H groups in total. The first-order chi connectivity index (χ1) is 13.9. The standard InChI is InChI=1S/C19H20FN3O5S/c20-17-7-2-1-4-14(17)13-18(24)21-22-19(25)15-5-3-6-16(12-15)29(26,27)23-8-10-28-11-9-23/h1-7,12H,8-11,13H2,(H,21,24)(H,22,25). The minimum Gasteiger partial charge on any atom is -0.379 e. The highest BCUT2D eigenvalue weighted by Gasteiger charge is 2.26. The van der Waals surface area contributed by atoms with Gasteiger partial charge >= 0.3 is 0 Å². The maximum absolute atomic E-state index is 13.6. The van der Waals surface area contributed by atoms with Crippen molar-refractivity contribution in [3.05, 3.63) is 65.5 Å². The fourth-order valence-corrected chi connectivity index (χ4v) is 4.25. The van der Waals surface area contributed by atoms with Crippen LogP contribution >= 0.6 is 0 Å². The summed E-state index contributed by atoms with van der Waals surface area (Å²) in [4.78, 5) is 24.2. The van der Waals surface area contributed by atoms with Crippen LogP contribution in [0.25, 0.3) is 0 Å². The van der Waals surface area contributed by atoms with Crippen molar-refractivity contribution in [2.75, 3.05) is 26.3 Å². The van der Waals surface area contributed by atoms with Gasteiger partial charge in [-0.2, -0.15) is 4.31 Å². The number of halogens is 1. The SMILES string of the molecule is O=C(Cc1ccccc1F)NNC(=O)c1cccc(S(=O)(=O)N2CCOCC2)c1. The summed E-state index contributed by atoms with van der Waals surface area (Å²) in [6.07, 6.45) is -0.252. The topological polar surface area (TPSA) is 105 Å². The number of sulfonamides is 1. The van der Waals surface area contributed by atoms with Crippen molar-refractivity contribution in [2.45, 2.75) is 11.3 Å². The number of nitrogens with zero attached hydrogens (tertiary/aromatic N) is 1. The third-order valence-corrected chi connectivity index (χ3v) is 6.22. The van der Waals surface area contributed by atoms with E-state index in [1.807, 2.05) is 0 Å². The normalized spacial score (nSPS) is 14.9. The minimum absolute atomic E-state index is 0.0234. The number of hydrogen-bond donors (Lipinski definition) is 2. The number of hydrazine groups is 1. The molecule has 3 rings (SSSR count). The Hall–Kier alpha value is -2.82. The molecular weight excluding hydrogens is 401 g/mol. The maximum Gasteiger partial charge on any atom is 0.269 e. The van der Waals surface area contributed by atoms with E-state index in [-0.39, 0.29) is 35.5 Å². The number of hydrogen-bond acceptors (Lipinski definition) is 5. The lowest BCUT2D eigenvalue weighted by atomic mass is 10.1. The van der Waals surface area contributed by atoms with Gasteiger partial charge in [-0.3, -0.25) is 20.4 Å². The number of ether oxygens (including phenoxy) is 1. The Morgan fingerprint density at radius 3 is 2.48 bits per heavy atom. The molecule has 1 fully saturated rings. The highest BCUT2D eigenvalue weighted by molar-refractivity contribution is 7.89. The van der Waals surface area contributed by atoms with Gasteiger partial charge in [0.2, 0.25) is 15.9 Å². The Bertz CT molecular complexity index is 1010. The second-order valence-electron chi connectivity index (χ2n) is 6.31. The third-order valence-electron chi connectivity index (χ3n) is 4.33. The number of rotatable bonds is 5. The predicted molar refractivity (Wildman–Crippen MR) is 102 cm³/mol. The summed E-state index contributed by atoms with van der Waals surface area (Å²) in [6, 6.07) is 11.3. The Kier molecular flexibility index (Phi) is 6.57. The van der Waals surface area contributed by atoms with Crippen LogP contribution in [-0.2, 0) is 26.0 Å². The van der Waals surface area contributed by atoms with Crippen LogP contribution in [0.1, 0.15) is 15.9 Å². The van der Waals surface area contributed by atoms with Crippen LogP contribution in [0.4, 0.5) is 4.39 Å². The summed E-state index contributed by atoms with van der Waals surface area (Å²) in [6.45, 7) is 1.11. The second-order valence-corrected chi connectivity index (χ2v) is 8.25. The summed E-state index contributed by atoms with van der Waals surface area (Å²) in [5.74, 6) is -1.82. The highest BCUT2D eigenvalue weighted by Crippen LogP contribution is 2.18. The molecule has 29 heavy (non-hydrogen) atoms. The van der Waals surface area contributed by atoms with E-state index in [4.69, 9.17) is 4.74 Å². The van der Waals surface area contributed by atoms with Gasteiger partial charge in [0.15, 0.2) is 0 Å². The first kappa shape index (κ1) is 20.9. The molecule has 0 saturated carbocycles. The Balaban J connectivity index is 1.63. The number of morpholine rings is 1. The van der Waals surface area contributed by atoms with E-state index < -0.39 is 27.7 Å². The molecule has 2 aromatic rings. The van der Waals surface area contributed by atoms with E-state index in [9.17, 15) is 22.4 Å². The van der Waals surface area contributed by atoms with E-state index in [0.717, 1.165) is 0 Å². The summed E-state index contributed by atoms with van der Waals surface area (Å²) < 4.78 is 45.4. The van der Waals surface area contributed by atoms with Crippen LogP contribution in [0.2, 0.25) is 0 Å². The molecule has 0 aliphatic carbocycles. The minimum atomic E-state index is -3.75. The molecule has 0 bridgehead atoms. The van der Waals surface area contributed by atoms with Crippen LogP contribution in [0.3, 0.4) is 0 Å². The first-order valence-corrected chi connectivity index (χ1v) is 10.3. The molecule has 0 aromatic heterocycles. The maximum atomic E-state index is 13.6. The molecule has 2 amide bonds. The summed E-state index contributed by atoms with van der Waals surface area (Å²) in [7, 11) is -3.75. The van der Waals surface area contributed by atoms with Gasteiger partial charge in [0.25, 0.3) is 5.91 Å². The molecule has 10 heteroatoms. The highest BCUT2D eigenvalue weighted by atomic mass is 32.2. The van der Waals surface area contributed by atoms with E-state index in [2.05, 4.69) is 10.9 Å².